The fraction of sp³-hybridized carbons (Fsp3) is 0.348. The van der Waals surface area contributed by atoms with Crippen molar-refractivity contribution in [3.63, 3.8) is 0 Å². The summed E-state index contributed by atoms with van der Waals surface area (Å²) in [7, 11) is 0. The maximum absolute atomic E-state index is 12.8. The van der Waals surface area contributed by atoms with Gasteiger partial charge in [0.15, 0.2) is 4.80 Å². The minimum absolute atomic E-state index is 0.134. The number of hydrogen-bond acceptors (Lipinski definition) is 5. The number of unbranched alkanes of at least 4 members (excludes halogenated alkanes) is 2. The van der Waals surface area contributed by atoms with Crippen LogP contribution in [-0.4, -0.2) is 29.7 Å². The minimum Gasteiger partial charge on any atom is -0.494 e. The SMILES string of the molecule is CCCCCOc1ccc(C(=O)N=c2sc3ccc(Cl)c(Cl)c3n2CC(=O)OCC)cc1. The summed E-state index contributed by atoms with van der Waals surface area (Å²) in [5, 5.41) is 0.644. The number of esters is 1. The van der Waals surface area contributed by atoms with Crippen molar-refractivity contribution in [1.82, 2.24) is 4.57 Å². The Morgan fingerprint density at radius 1 is 1.06 bits per heavy atom. The van der Waals surface area contributed by atoms with Crippen LogP contribution in [0.3, 0.4) is 0 Å². The van der Waals surface area contributed by atoms with Gasteiger partial charge in [0.25, 0.3) is 5.91 Å². The number of rotatable bonds is 9. The summed E-state index contributed by atoms with van der Waals surface area (Å²) in [6.07, 6.45) is 3.24. The van der Waals surface area contributed by atoms with E-state index in [4.69, 9.17) is 32.7 Å². The first-order valence-corrected chi connectivity index (χ1v) is 12.0. The smallest absolute Gasteiger partial charge is 0.326 e. The van der Waals surface area contributed by atoms with Crippen molar-refractivity contribution in [1.29, 1.82) is 0 Å². The number of fused-ring (bicyclic) bond motifs is 1. The first kappa shape index (κ1) is 24.3. The van der Waals surface area contributed by atoms with Crippen LogP contribution < -0.4 is 9.54 Å². The zero-order valence-electron chi connectivity index (χ0n) is 17.9. The van der Waals surface area contributed by atoms with Crippen molar-refractivity contribution in [3.05, 3.63) is 56.8 Å². The molecule has 0 N–H and O–H groups in total. The van der Waals surface area contributed by atoms with Gasteiger partial charge in [0.2, 0.25) is 0 Å². The molecule has 2 aromatic carbocycles. The number of carbonyl (C=O) groups excluding carboxylic acids is 2. The third-order valence-electron chi connectivity index (χ3n) is 4.64. The average Bonchev–Trinajstić information content (AvgIpc) is 3.12. The second-order valence-corrected chi connectivity index (χ2v) is 8.78. The Balaban J connectivity index is 1.92. The Morgan fingerprint density at radius 3 is 2.50 bits per heavy atom. The van der Waals surface area contributed by atoms with Crippen molar-refractivity contribution in [2.75, 3.05) is 13.2 Å². The molecule has 0 atom stereocenters. The molecule has 3 aromatic rings. The normalized spacial score (nSPS) is 11.7. The summed E-state index contributed by atoms with van der Waals surface area (Å²) < 4.78 is 13.1. The molecule has 3 rings (SSSR count). The molecule has 32 heavy (non-hydrogen) atoms. The number of ether oxygens (including phenoxy) is 2. The number of carbonyl (C=O) groups is 2. The van der Waals surface area contributed by atoms with Crippen molar-refractivity contribution in [3.8, 4) is 5.75 Å². The van der Waals surface area contributed by atoms with Gasteiger partial charge in [0, 0.05) is 5.56 Å². The van der Waals surface area contributed by atoms with Crippen molar-refractivity contribution < 1.29 is 19.1 Å². The summed E-state index contributed by atoms with van der Waals surface area (Å²) in [4.78, 5) is 29.6. The largest absolute Gasteiger partial charge is 0.494 e. The topological polar surface area (TPSA) is 69.9 Å². The van der Waals surface area contributed by atoms with Crippen LogP contribution >= 0.6 is 34.5 Å². The van der Waals surface area contributed by atoms with Crippen LogP contribution in [0.25, 0.3) is 10.2 Å². The average molecular weight is 495 g/mol. The highest BCUT2D eigenvalue weighted by molar-refractivity contribution is 7.16. The van der Waals surface area contributed by atoms with Gasteiger partial charge in [-0.15, -0.1) is 0 Å². The number of hydrogen-bond donors (Lipinski definition) is 0. The van der Waals surface area contributed by atoms with Crippen molar-refractivity contribution in [2.45, 2.75) is 39.7 Å². The second-order valence-electron chi connectivity index (χ2n) is 6.98. The molecule has 1 aromatic heterocycles. The van der Waals surface area contributed by atoms with Gasteiger partial charge in [0.1, 0.15) is 12.3 Å². The van der Waals surface area contributed by atoms with Crippen LogP contribution in [0.5, 0.6) is 5.75 Å². The highest BCUT2D eigenvalue weighted by Crippen LogP contribution is 2.32. The van der Waals surface area contributed by atoms with E-state index in [1.807, 2.05) is 0 Å². The highest BCUT2D eigenvalue weighted by atomic mass is 35.5. The van der Waals surface area contributed by atoms with Gasteiger partial charge in [-0.05, 0) is 49.7 Å². The molecule has 0 aliphatic rings. The van der Waals surface area contributed by atoms with Crippen LogP contribution in [0.4, 0.5) is 0 Å². The van der Waals surface area contributed by atoms with Gasteiger partial charge in [-0.1, -0.05) is 54.3 Å². The van der Waals surface area contributed by atoms with E-state index in [9.17, 15) is 9.59 Å². The van der Waals surface area contributed by atoms with E-state index >= 15 is 0 Å². The predicted octanol–water partition coefficient (Wildman–Crippen LogP) is 5.88. The Labute approximate surface area is 200 Å². The van der Waals surface area contributed by atoms with Crippen LogP contribution in [0, 0.1) is 0 Å². The number of halogens is 2. The Morgan fingerprint density at radius 2 is 1.81 bits per heavy atom. The lowest BCUT2D eigenvalue weighted by atomic mass is 10.2. The van der Waals surface area contributed by atoms with Gasteiger partial charge < -0.3 is 14.0 Å². The van der Waals surface area contributed by atoms with Gasteiger partial charge in [-0.2, -0.15) is 4.99 Å². The monoisotopic (exact) mass is 494 g/mol. The molecule has 0 spiro atoms. The quantitative estimate of drug-likeness (QED) is 0.275. The van der Waals surface area contributed by atoms with Crippen LogP contribution in [0.15, 0.2) is 41.4 Å². The summed E-state index contributed by atoms with van der Waals surface area (Å²) in [5.74, 6) is -0.186. The molecule has 0 aliphatic carbocycles. The summed E-state index contributed by atoms with van der Waals surface area (Å²) in [5.41, 5.74) is 0.953. The molecule has 1 heterocycles. The molecule has 0 saturated heterocycles. The maximum Gasteiger partial charge on any atom is 0.326 e. The molecule has 0 radical (unpaired) electrons. The molecule has 1 amide bonds. The van der Waals surface area contributed by atoms with E-state index in [-0.39, 0.29) is 13.2 Å². The van der Waals surface area contributed by atoms with Gasteiger partial charge in [-0.3, -0.25) is 9.59 Å². The Hall–Kier alpha value is -2.35. The number of amides is 1. The first-order valence-electron chi connectivity index (χ1n) is 10.4. The molecule has 0 fully saturated rings. The maximum atomic E-state index is 12.8. The molecule has 9 heteroatoms. The summed E-state index contributed by atoms with van der Waals surface area (Å²) >= 11 is 13.8. The predicted molar refractivity (Wildman–Crippen MR) is 128 cm³/mol. The van der Waals surface area contributed by atoms with Gasteiger partial charge in [0.05, 0.1) is 33.5 Å². The fourth-order valence-corrected chi connectivity index (χ4v) is 4.57. The molecular weight excluding hydrogens is 471 g/mol. The van der Waals surface area contributed by atoms with Crippen LogP contribution in [-0.2, 0) is 16.1 Å². The van der Waals surface area contributed by atoms with E-state index in [0.29, 0.717) is 38.3 Å². The lowest BCUT2D eigenvalue weighted by molar-refractivity contribution is -0.143. The minimum atomic E-state index is -0.457. The third-order valence-corrected chi connectivity index (χ3v) is 6.48. The molecule has 6 nitrogen and oxygen atoms in total. The zero-order chi connectivity index (χ0) is 23.1. The van der Waals surface area contributed by atoms with E-state index in [1.54, 1.807) is 47.9 Å². The van der Waals surface area contributed by atoms with Crippen molar-refractivity contribution in [2.24, 2.45) is 4.99 Å². The number of thiazole rings is 1. The summed E-state index contributed by atoms with van der Waals surface area (Å²) in [6.45, 7) is 4.62. The zero-order valence-corrected chi connectivity index (χ0v) is 20.2. The Bertz CT molecular complexity index is 1170. The highest BCUT2D eigenvalue weighted by Gasteiger charge is 2.17. The Kier molecular flexibility index (Phi) is 8.73. The van der Waals surface area contributed by atoms with E-state index in [2.05, 4.69) is 11.9 Å². The van der Waals surface area contributed by atoms with E-state index < -0.39 is 11.9 Å². The third kappa shape index (κ3) is 5.91. The van der Waals surface area contributed by atoms with E-state index in [1.165, 1.54) is 11.3 Å². The lowest BCUT2D eigenvalue weighted by Gasteiger charge is -2.07. The second kappa shape index (κ2) is 11.5. The fourth-order valence-electron chi connectivity index (χ4n) is 3.06. The van der Waals surface area contributed by atoms with Gasteiger partial charge >= 0.3 is 5.97 Å². The standard InChI is InChI=1S/C23H24Cl2N2O4S/c1-3-5-6-13-31-16-9-7-15(8-10-16)22(29)26-23-27(14-19(28)30-4-2)21-18(32-23)12-11-17(24)20(21)25/h7-12H,3-6,13-14H2,1-2H3. The molecule has 0 unspecified atom stereocenters. The first-order chi connectivity index (χ1) is 15.4. The lowest BCUT2D eigenvalue weighted by Crippen LogP contribution is -2.23. The van der Waals surface area contributed by atoms with Crippen LogP contribution in [0.1, 0.15) is 43.5 Å². The molecule has 170 valence electrons. The number of aromatic nitrogens is 1. The molecular formula is C23H24Cl2N2O4S. The number of benzene rings is 2. The molecule has 0 bridgehead atoms. The molecule has 0 aliphatic heterocycles. The van der Waals surface area contributed by atoms with Gasteiger partial charge in [-0.25, -0.2) is 0 Å². The van der Waals surface area contributed by atoms with Crippen molar-refractivity contribution >= 4 is 56.6 Å². The molecule has 0 saturated carbocycles. The summed E-state index contributed by atoms with van der Waals surface area (Å²) in [6, 6.07) is 10.3. The number of nitrogens with zero attached hydrogens (tertiary/aromatic N) is 2. The van der Waals surface area contributed by atoms with Crippen LogP contribution in [0.2, 0.25) is 10.0 Å². The van der Waals surface area contributed by atoms with E-state index in [0.717, 1.165) is 24.0 Å².